The fourth-order valence-corrected chi connectivity index (χ4v) is 1.70. The molecule has 4 heteroatoms. The highest BCUT2D eigenvalue weighted by molar-refractivity contribution is 9.10. The largest absolute Gasteiger partial charge is 0.322 e. The Balaban J connectivity index is 2.85. The summed E-state index contributed by atoms with van der Waals surface area (Å²) in [6.45, 7) is 1.92. The van der Waals surface area contributed by atoms with Gasteiger partial charge < -0.3 is 5.73 Å². The van der Waals surface area contributed by atoms with Gasteiger partial charge in [0.2, 0.25) is 0 Å². The minimum Gasteiger partial charge on any atom is -0.322 e. The van der Waals surface area contributed by atoms with E-state index < -0.39 is 0 Å². The maximum Gasteiger partial charge on any atom is 0.117 e. The molecule has 1 aromatic rings. The zero-order valence-corrected chi connectivity index (χ0v) is 7.37. The van der Waals surface area contributed by atoms with Gasteiger partial charge in [0, 0.05) is 5.38 Å². The number of aromatic nitrogens is 1. The third-order valence-corrected chi connectivity index (χ3v) is 2.64. The Labute approximate surface area is 66.2 Å². The predicted octanol–water partition coefficient (Wildman–Crippen LogP) is 1.93. The van der Waals surface area contributed by atoms with Crippen molar-refractivity contribution in [3.05, 3.63) is 15.0 Å². The van der Waals surface area contributed by atoms with Gasteiger partial charge in [-0.3, -0.25) is 0 Å². The highest BCUT2D eigenvalue weighted by Gasteiger charge is 2.02. The predicted molar refractivity (Wildman–Crippen MR) is 42.4 cm³/mol. The lowest BCUT2D eigenvalue weighted by atomic mass is 10.4. The van der Waals surface area contributed by atoms with Crippen LogP contribution in [0.1, 0.15) is 18.0 Å². The minimum atomic E-state index is 0.0568. The summed E-state index contributed by atoms with van der Waals surface area (Å²) in [5, 5.41) is 2.90. The molecule has 0 unspecified atom stereocenters. The smallest absolute Gasteiger partial charge is 0.117 e. The van der Waals surface area contributed by atoms with Crippen molar-refractivity contribution in [2.45, 2.75) is 13.0 Å². The van der Waals surface area contributed by atoms with Gasteiger partial charge in [-0.1, -0.05) is 0 Å². The van der Waals surface area contributed by atoms with E-state index in [0.29, 0.717) is 0 Å². The second kappa shape index (κ2) is 2.77. The second-order valence-corrected chi connectivity index (χ2v) is 3.50. The van der Waals surface area contributed by atoms with E-state index in [-0.39, 0.29) is 6.04 Å². The first-order valence-electron chi connectivity index (χ1n) is 2.56. The van der Waals surface area contributed by atoms with Crippen molar-refractivity contribution in [1.29, 1.82) is 0 Å². The average molecular weight is 207 g/mol. The molecule has 0 saturated heterocycles. The highest BCUT2D eigenvalue weighted by Crippen LogP contribution is 2.18. The summed E-state index contributed by atoms with van der Waals surface area (Å²) in [5.74, 6) is 0. The summed E-state index contributed by atoms with van der Waals surface area (Å²) in [5.41, 5.74) is 5.55. The van der Waals surface area contributed by atoms with Crippen molar-refractivity contribution >= 4 is 27.3 Å². The molecular weight excluding hydrogens is 200 g/mol. The van der Waals surface area contributed by atoms with Gasteiger partial charge in [0.15, 0.2) is 0 Å². The van der Waals surface area contributed by atoms with E-state index >= 15 is 0 Å². The molecule has 1 heterocycles. The van der Waals surface area contributed by atoms with Gasteiger partial charge in [-0.25, -0.2) is 4.98 Å². The summed E-state index contributed by atoms with van der Waals surface area (Å²) < 4.78 is 0.875. The summed E-state index contributed by atoms with van der Waals surface area (Å²) in [6, 6.07) is 0.0568. The number of thiazole rings is 1. The molecule has 0 aromatic carbocycles. The van der Waals surface area contributed by atoms with E-state index in [9.17, 15) is 0 Å². The number of hydrogen-bond donors (Lipinski definition) is 1. The van der Waals surface area contributed by atoms with Crippen molar-refractivity contribution in [3.8, 4) is 0 Å². The molecule has 0 amide bonds. The van der Waals surface area contributed by atoms with Crippen molar-refractivity contribution in [1.82, 2.24) is 4.98 Å². The molecule has 2 N–H and O–H groups in total. The van der Waals surface area contributed by atoms with Gasteiger partial charge >= 0.3 is 0 Å². The van der Waals surface area contributed by atoms with Crippen LogP contribution in [0.3, 0.4) is 0 Å². The normalized spacial score (nSPS) is 13.7. The number of nitrogens with two attached hydrogens (primary N) is 1. The maximum absolute atomic E-state index is 5.55. The Bertz CT molecular complexity index is 197. The first-order chi connectivity index (χ1) is 4.20. The molecule has 50 valence electrons. The Morgan fingerprint density at radius 1 is 1.89 bits per heavy atom. The molecule has 0 bridgehead atoms. The summed E-state index contributed by atoms with van der Waals surface area (Å²) >= 11 is 4.82. The number of halogens is 1. The molecule has 0 fully saturated rings. The minimum absolute atomic E-state index is 0.0568. The standard InChI is InChI=1S/C5H7BrN2S/c1-3(7)5-8-4(6)2-9-5/h2-3H,7H2,1H3/t3-/m0/s1. The summed E-state index contributed by atoms with van der Waals surface area (Å²) in [4.78, 5) is 4.12. The van der Waals surface area contributed by atoms with E-state index in [0.717, 1.165) is 9.61 Å². The van der Waals surface area contributed by atoms with Crippen LogP contribution in [0, 0.1) is 0 Å². The molecular formula is C5H7BrN2S. The number of nitrogens with zero attached hydrogens (tertiary/aromatic N) is 1. The Morgan fingerprint density at radius 2 is 2.56 bits per heavy atom. The molecule has 0 spiro atoms. The Hall–Kier alpha value is 0.0700. The van der Waals surface area contributed by atoms with Crippen LogP contribution in [-0.2, 0) is 0 Å². The van der Waals surface area contributed by atoms with Crippen LogP contribution in [0.4, 0.5) is 0 Å². The summed E-state index contributed by atoms with van der Waals surface area (Å²) in [7, 11) is 0. The van der Waals surface area contributed by atoms with Crippen LogP contribution in [0.2, 0.25) is 0 Å². The van der Waals surface area contributed by atoms with E-state index in [1.807, 2.05) is 12.3 Å². The van der Waals surface area contributed by atoms with E-state index in [1.165, 1.54) is 0 Å². The highest BCUT2D eigenvalue weighted by atomic mass is 79.9. The Morgan fingerprint density at radius 3 is 2.78 bits per heavy atom. The first kappa shape index (κ1) is 7.18. The van der Waals surface area contributed by atoms with Crippen LogP contribution in [0.25, 0.3) is 0 Å². The fraction of sp³-hybridized carbons (Fsp3) is 0.400. The zero-order chi connectivity index (χ0) is 6.85. The quantitative estimate of drug-likeness (QED) is 0.764. The molecule has 1 rings (SSSR count). The third-order valence-electron chi connectivity index (χ3n) is 0.883. The average Bonchev–Trinajstić information content (AvgIpc) is 2.14. The van der Waals surface area contributed by atoms with Gasteiger partial charge in [0.25, 0.3) is 0 Å². The zero-order valence-electron chi connectivity index (χ0n) is 4.97. The van der Waals surface area contributed by atoms with Gasteiger partial charge in [0.1, 0.15) is 9.61 Å². The van der Waals surface area contributed by atoms with Crippen LogP contribution >= 0.6 is 27.3 Å². The third kappa shape index (κ3) is 1.74. The van der Waals surface area contributed by atoms with Crippen LogP contribution in [-0.4, -0.2) is 4.98 Å². The van der Waals surface area contributed by atoms with Gasteiger partial charge in [-0.2, -0.15) is 0 Å². The van der Waals surface area contributed by atoms with E-state index in [2.05, 4.69) is 20.9 Å². The van der Waals surface area contributed by atoms with E-state index in [4.69, 9.17) is 5.73 Å². The van der Waals surface area contributed by atoms with Crippen LogP contribution in [0.15, 0.2) is 9.98 Å². The van der Waals surface area contributed by atoms with Crippen molar-refractivity contribution in [3.63, 3.8) is 0 Å². The molecule has 0 aliphatic heterocycles. The van der Waals surface area contributed by atoms with Crippen molar-refractivity contribution in [2.24, 2.45) is 5.73 Å². The fourth-order valence-electron chi connectivity index (χ4n) is 0.476. The molecule has 1 atom stereocenters. The van der Waals surface area contributed by atoms with Crippen LogP contribution in [0.5, 0.6) is 0 Å². The van der Waals surface area contributed by atoms with Crippen LogP contribution < -0.4 is 5.73 Å². The molecule has 0 aliphatic rings. The van der Waals surface area contributed by atoms with Gasteiger partial charge in [0.05, 0.1) is 6.04 Å². The second-order valence-electron chi connectivity index (χ2n) is 1.80. The number of rotatable bonds is 1. The first-order valence-corrected chi connectivity index (χ1v) is 4.24. The SMILES string of the molecule is C[C@H](N)c1nc(Br)cs1. The number of hydrogen-bond acceptors (Lipinski definition) is 3. The van der Waals surface area contributed by atoms with Gasteiger partial charge in [-0.05, 0) is 22.9 Å². The molecule has 0 saturated carbocycles. The molecule has 2 nitrogen and oxygen atoms in total. The monoisotopic (exact) mass is 206 g/mol. The van der Waals surface area contributed by atoms with Crippen molar-refractivity contribution in [2.75, 3.05) is 0 Å². The molecule has 1 aromatic heterocycles. The molecule has 9 heavy (non-hydrogen) atoms. The lowest BCUT2D eigenvalue weighted by Gasteiger charge is -1.95. The molecule has 0 aliphatic carbocycles. The van der Waals surface area contributed by atoms with Crippen molar-refractivity contribution < 1.29 is 0 Å². The lowest BCUT2D eigenvalue weighted by Crippen LogP contribution is -2.03. The molecule has 0 radical (unpaired) electrons. The van der Waals surface area contributed by atoms with E-state index in [1.54, 1.807) is 11.3 Å². The Kier molecular flexibility index (Phi) is 2.21. The topological polar surface area (TPSA) is 38.9 Å². The van der Waals surface area contributed by atoms with Gasteiger partial charge in [-0.15, -0.1) is 11.3 Å². The summed E-state index contributed by atoms with van der Waals surface area (Å²) in [6.07, 6.45) is 0. The maximum atomic E-state index is 5.55. The lowest BCUT2D eigenvalue weighted by molar-refractivity contribution is 0.804.